The summed E-state index contributed by atoms with van der Waals surface area (Å²) >= 11 is 0. The normalized spacial score (nSPS) is 10.3. The summed E-state index contributed by atoms with van der Waals surface area (Å²) in [6, 6.07) is 13.8. The van der Waals surface area contributed by atoms with Crippen molar-refractivity contribution in [3.05, 3.63) is 72.3 Å². The molecule has 3 rings (SSSR count). The zero-order chi connectivity index (χ0) is 16.2. The first-order chi connectivity index (χ1) is 11.1. The number of carbonyl (C=O) groups excluding carboxylic acids is 2. The van der Waals surface area contributed by atoms with E-state index in [0.717, 1.165) is 5.69 Å². The Balaban J connectivity index is 1.76. The van der Waals surface area contributed by atoms with Crippen molar-refractivity contribution in [2.45, 2.75) is 6.92 Å². The lowest BCUT2D eigenvalue weighted by molar-refractivity contribution is 0.101. The van der Waals surface area contributed by atoms with Gasteiger partial charge in [0.05, 0.1) is 5.69 Å². The van der Waals surface area contributed by atoms with Crippen LogP contribution in [0.25, 0.3) is 5.69 Å². The van der Waals surface area contributed by atoms with Gasteiger partial charge in [0.1, 0.15) is 12.7 Å². The quantitative estimate of drug-likeness (QED) is 0.752. The Morgan fingerprint density at radius 2 is 1.83 bits per heavy atom. The van der Waals surface area contributed by atoms with Crippen LogP contribution in [0.15, 0.2) is 61.2 Å². The van der Waals surface area contributed by atoms with E-state index in [0.29, 0.717) is 16.8 Å². The van der Waals surface area contributed by atoms with Crippen LogP contribution in [0.4, 0.5) is 5.69 Å². The Morgan fingerprint density at radius 1 is 1.04 bits per heavy atom. The fourth-order valence-electron chi connectivity index (χ4n) is 2.13. The summed E-state index contributed by atoms with van der Waals surface area (Å²) in [5.41, 5.74) is 2.48. The van der Waals surface area contributed by atoms with E-state index in [-0.39, 0.29) is 11.7 Å². The average Bonchev–Trinajstić information content (AvgIpc) is 3.09. The van der Waals surface area contributed by atoms with Crippen LogP contribution in [0.2, 0.25) is 0 Å². The van der Waals surface area contributed by atoms with Crippen molar-refractivity contribution < 1.29 is 9.59 Å². The number of benzene rings is 2. The molecule has 0 saturated heterocycles. The molecule has 0 saturated carbocycles. The van der Waals surface area contributed by atoms with Gasteiger partial charge in [-0.3, -0.25) is 9.59 Å². The maximum absolute atomic E-state index is 12.3. The van der Waals surface area contributed by atoms with E-state index >= 15 is 0 Å². The Bertz CT molecular complexity index is 839. The van der Waals surface area contributed by atoms with Crippen LogP contribution in [0.3, 0.4) is 0 Å². The number of anilines is 1. The van der Waals surface area contributed by atoms with Gasteiger partial charge in [0.15, 0.2) is 5.78 Å². The molecule has 3 aromatic rings. The molecule has 1 heterocycles. The van der Waals surface area contributed by atoms with Gasteiger partial charge in [-0.1, -0.05) is 12.1 Å². The monoisotopic (exact) mass is 306 g/mol. The van der Waals surface area contributed by atoms with E-state index in [1.807, 2.05) is 0 Å². The molecular formula is C17H14N4O2. The number of hydrogen-bond acceptors (Lipinski definition) is 4. The van der Waals surface area contributed by atoms with Crippen molar-refractivity contribution in [3.63, 3.8) is 0 Å². The highest BCUT2D eigenvalue weighted by Gasteiger charge is 2.08. The lowest BCUT2D eigenvalue weighted by Crippen LogP contribution is -2.12. The molecule has 6 heteroatoms. The number of amides is 1. The van der Waals surface area contributed by atoms with Crippen molar-refractivity contribution in [1.29, 1.82) is 0 Å². The molecule has 0 aliphatic rings. The van der Waals surface area contributed by atoms with Gasteiger partial charge in [-0.15, -0.1) is 0 Å². The number of nitrogens with zero attached hydrogens (tertiary/aromatic N) is 3. The van der Waals surface area contributed by atoms with Crippen molar-refractivity contribution in [2.75, 3.05) is 5.32 Å². The number of nitrogens with one attached hydrogen (secondary N) is 1. The summed E-state index contributed by atoms with van der Waals surface area (Å²) < 4.78 is 1.61. The van der Waals surface area contributed by atoms with Gasteiger partial charge < -0.3 is 5.32 Å². The van der Waals surface area contributed by atoms with E-state index in [4.69, 9.17) is 0 Å². The predicted octanol–water partition coefficient (Wildman–Crippen LogP) is 2.72. The van der Waals surface area contributed by atoms with Crippen LogP contribution < -0.4 is 5.32 Å². The van der Waals surface area contributed by atoms with Gasteiger partial charge in [-0.05, 0) is 43.3 Å². The summed E-state index contributed by atoms with van der Waals surface area (Å²) in [5.74, 6) is -0.283. The highest BCUT2D eigenvalue weighted by Crippen LogP contribution is 2.14. The van der Waals surface area contributed by atoms with Crippen LogP contribution in [0, 0.1) is 0 Å². The molecule has 1 N–H and O–H groups in total. The fraction of sp³-hybridized carbons (Fsp3) is 0.0588. The van der Waals surface area contributed by atoms with E-state index in [2.05, 4.69) is 15.4 Å². The van der Waals surface area contributed by atoms with E-state index in [1.54, 1.807) is 59.5 Å². The van der Waals surface area contributed by atoms with Gasteiger partial charge in [-0.25, -0.2) is 9.67 Å². The Morgan fingerprint density at radius 3 is 2.48 bits per heavy atom. The molecule has 0 radical (unpaired) electrons. The van der Waals surface area contributed by atoms with Crippen LogP contribution >= 0.6 is 0 Å². The summed E-state index contributed by atoms with van der Waals surface area (Å²) in [6.45, 7) is 1.49. The first kappa shape index (κ1) is 14.6. The molecule has 2 aromatic carbocycles. The van der Waals surface area contributed by atoms with Gasteiger partial charge >= 0.3 is 0 Å². The highest BCUT2D eigenvalue weighted by atomic mass is 16.1. The van der Waals surface area contributed by atoms with Crippen molar-refractivity contribution in [3.8, 4) is 5.69 Å². The zero-order valence-corrected chi connectivity index (χ0v) is 12.4. The third kappa shape index (κ3) is 3.32. The van der Waals surface area contributed by atoms with E-state index in [1.165, 1.54) is 13.3 Å². The SMILES string of the molecule is CC(=O)c1cccc(NC(=O)c2ccc(-n3cncn3)cc2)c1. The van der Waals surface area contributed by atoms with E-state index in [9.17, 15) is 9.59 Å². The van der Waals surface area contributed by atoms with Crippen LogP contribution in [-0.4, -0.2) is 26.5 Å². The summed E-state index contributed by atoms with van der Waals surface area (Å²) in [6.07, 6.45) is 3.03. The third-order valence-corrected chi connectivity index (χ3v) is 3.34. The molecule has 0 unspecified atom stereocenters. The molecule has 0 spiro atoms. The number of hydrogen-bond donors (Lipinski definition) is 1. The molecule has 0 aliphatic carbocycles. The second-order valence-electron chi connectivity index (χ2n) is 4.98. The van der Waals surface area contributed by atoms with Crippen molar-refractivity contribution in [2.24, 2.45) is 0 Å². The average molecular weight is 306 g/mol. The number of carbonyl (C=O) groups is 2. The second kappa shape index (κ2) is 6.23. The van der Waals surface area contributed by atoms with Crippen LogP contribution in [-0.2, 0) is 0 Å². The fourth-order valence-corrected chi connectivity index (χ4v) is 2.13. The van der Waals surface area contributed by atoms with Gasteiger partial charge in [0, 0.05) is 16.8 Å². The minimum absolute atomic E-state index is 0.0433. The maximum Gasteiger partial charge on any atom is 0.255 e. The molecule has 1 amide bonds. The summed E-state index contributed by atoms with van der Waals surface area (Å²) in [4.78, 5) is 27.5. The third-order valence-electron chi connectivity index (χ3n) is 3.34. The van der Waals surface area contributed by atoms with Crippen molar-refractivity contribution >= 4 is 17.4 Å². The Hall–Kier alpha value is -3.28. The Kier molecular flexibility index (Phi) is 3.97. The largest absolute Gasteiger partial charge is 0.322 e. The van der Waals surface area contributed by atoms with Crippen molar-refractivity contribution in [1.82, 2.24) is 14.8 Å². The van der Waals surface area contributed by atoms with E-state index < -0.39 is 0 Å². The van der Waals surface area contributed by atoms with Crippen LogP contribution in [0.1, 0.15) is 27.6 Å². The van der Waals surface area contributed by atoms with Gasteiger partial charge in [0.25, 0.3) is 5.91 Å². The molecule has 0 bridgehead atoms. The molecule has 0 aliphatic heterocycles. The summed E-state index contributed by atoms with van der Waals surface area (Å²) in [5, 5.41) is 6.81. The van der Waals surface area contributed by atoms with Crippen LogP contribution in [0.5, 0.6) is 0 Å². The zero-order valence-electron chi connectivity index (χ0n) is 12.4. The minimum Gasteiger partial charge on any atom is -0.322 e. The lowest BCUT2D eigenvalue weighted by Gasteiger charge is -2.07. The second-order valence-corrected chi connectivity index (χ2v) is 4.98. The molecule has 1 aromatic heterocycles. The molecule has 0 atom stereocenters. The number of rotatable bonds is 4. The number of aromatic nitrogens is 3. The standard InChI is InChI=1S/C17H14N4O2/c1-12(22)14-3-2-4-15(9-14)20-17(23)13-5-7-16(8-6-13)21-11-18-10-19-21/h2-11H,1H3,(H,20,23). The first-order valence-electron chi connectivity index (χ1n) is 7.01. The summed E-state index contributed by atoms with van der Waals surface area (Å²) in [7, 11) is 0. The minimum atomic E-state index is -0.240. The molecule has 23 heavy (non-hydrogen) atoms. The first-order valence-corrected chi connectivity index (χ1v) is 7.01. The number of ketones is 1. The van der Waals surface area contributed by atoms with Gasteiger partial charge in [0.2, 0.25) is 0 Å². The lowest BCUT2D eigenvalue weighted by atomic mass is 10.1. The predicted molar refractivity (Wildman–Crippen MR) is 85.8 cm³/mol. The highest BCUT2D eigenvalue weighted by molar-refractivity contribution is 6.05. The topological polar surface area (TPSA) is 76.9 Å². The molecule has 6 nitrogen and oxygen atoms in total. The molecule has 114 valence electrons. The number of Topliss-reactive ketones (excluding diaryl/α,β-unsaturated/α-hetero) is 1. The van der Waals surface area contributed by atoms with Gasteiger partial charge in [-0.2, -0.15) is 5.10 Å². The maximum atomic E-state index is 12.3. The Labute approximate surface area is 132 Å². The smallest absolute Gasteiger partial charge is 0.255 e. The molecule has 0 fully saturated rings. The molecular weight excluding hydrogens is 292 g/mol.